The molecule has 16 heteroatoms. The van der Waals surface area contributed by atoms with Crippen molar-refractivity contribution in [3.8, 4) is 44.8 Å². The third kappa shape index (κ3) is 8.01. The number of nitrogens with zero attached hydrogens (tertiary/aromatic N) is 4. The molecule has 2 aliphatic carbocycles. The van der Waals surface area contributed by atoms with Crippen molar-refractivity contribution in [3.63, 3.8) is 0 Å². The number of hydrogen-bond acceptors (Lipinski definition) is 8. The molecule has 4 amide bonds. The van der Waals surface area contributed by atoms with Gasteiger partial charge in [-0.2, -0.15) is 8.78 Å². The number of hydrogen-bond donors (Lipinski definition) is 4. The molecule has 1 saturated carbocycles. The Labute approximate surface area is 375 Å². The molecule has 2 saturated heterocycles. The van der Waals surface area contributed by atoms with E-state index in [4.69, 9.17) is 9.47 Å². The summed E-state index contributed by atoms with van der Waals surface area (Å²) in [5.41, 5.74) is 4.94. The second kappa shape index (κ2) is 16.8. The zero-order valence-electron chi connectivity index (χ0n) is 37.3. The van der Waals surface area contributed by atoms with Gasteiger partial charge < -0.3 is 39.9 Å². The number of rotatable bonds is 11. The fourth-order valence-electron chi connectivity index (χ4n) is 9.86. The number of benzene rings is 3. The Hall–Kier alpha value is -6.58. The maximum Gasteiger partial charge on any atom is 0.407 e. The van der Waals surface area contributed by atoms with Gasteiger partial charge in [-0.05, 0) is 89.3 Å². The fourth-order valence-corrected chi connectivity index (χ4v) is 9.86. The number of alkyl carbamates (subject to hydrolysis) is 2. The van der Waals surface area contributed by atoms with E-state index < -0.39 is 30.2 Å². The number of imidazole rings is 2. The van der Waals surface area contributed by atoms with Crippen LogP contribution in [0, 0.1) is 17.3 Å². The van der Waals surface area contributed by atoms with E-state index in [-0.39, 0.29) is 52.3 Å². The number of aromatic nitrogens is 4. The number of carbonyl (C=O) groups excluding carboxylic acids is 4. The van der Waals surface area contributed by atoms with Crippen molar-refractivity contribution in [2.45, 2.75) is 89.9 Å². The highest BCUT2D eigenvalue weighted by molar-refractivity contribution is 5.88. The molecule has 1 unspecified atom stereocenters. The first-order chi connectivity index (χ1) is 31.1. The number of likely N-dealkylation sites (tertiary alicyclic amines) is 2. The molecule has 2 aromatic heterocycles. The molecule has 14 nitrogen and oxygen atoms in total. The summed E-state index contributed by atoms with van der Waals surface area (Å²) in [5, 5.41) is 5.37. The number of amides is 4. The molecular weight excluding hydrogens is 835 g/mol. The molecule has 0 bridgehead atoms. The van der Waals surface area contributed by atoms with E-state index in [0.717, 1.165) is 48.9 Å². The summed E-state index contributed by atoms with van der Waals surface area (Å²) in [7, 11) is 2.53. The fraction of sp³-hybridized carbons (Fsp3) is 0.429. The van der Waals surface area contributed by atoms with Crippen molar-refractivity contribution in [1.29, 1.82) is 0 Å². The predicted octanol–water partition coefficient (Wildman–Crippen LogP) is 8.73. The van der Waals surface area contributed by atoms with E-state index in [9.17, 15) is 19.2 Å². The lowest BCUT2D eigenvalue weighted by Crippen LogP contribution is -2.51. The first kappa shape index (κ1) is 43.7. The zero-order chi connectivity index (χ0) is 45.9. The van der Waals surface area contributed by atoms with Crippen molar-refractivity contribution < 1.29 is 37.4 Å². The first-order valence-corrected chi connectivity index (χ1v) is 22.3. The Kier molecular flexibility index (Phi) is 11.3. The van der Waals surface area contributed by atoms with Gasteiger partial charge in [0.2, 0.25) is 11.8 Å². The molecule has 3 aromatic carbocycles. The molecule has 4 heterocycles. The summed E-state index contributed by atoms with van der Waals surface area (Å²) < 4.78 is 42.6. The second-order valence-corrected chi connectivity index (χ2v) is 18.6. The van der Waals surface area contributed by atoms with E-state index in [1.807, 2.05) is 64.1 Å². The Bertz CT molecular complexity index is 2650. The van der Waals surface area contributed by atoms with Crippen LogP contribution in [0.2, 0.25) is 0 Å². The molecule has 0 radical (unpaired) electrons. The van der Waals surface area contributed by atoms with Crippen LogP contribution < -0.4 is 10.6 Å². The average Bonchev–Trinajstić information content (AvgIpc) is 3.90. The summed E-state index contributed by atoms with van der Waals surface area (Å²) in [5.74, 6) is -2.76. The Morgan fingerprint density at radius 1 is 0.692 bits per heavy atom. The molecule has 5 aromatic rings. The van der Waals surface area contributed by atoms with Crippen LogP contribution in [0.3, 0.4) is 0 Å². The van der Waals surface area contributed by atoms with Gasteiger partial charge in [0.25, 0.3) is 5.92 Å². The largest absolute Gasteiger partial charge is 0.453 e. The quantitative estimate of drug-likeness (QED) is 0.102. The molecule has 4 atom stereocenters. The van der Waals surface area contributed by atoms with Gasteiger partial charge in [0.15, 0.2) is 0 Å². The highest BCUT2D eigenvalue weighted by Crippen LogP contribution is 2.58. The van der Waals surface area contributed by atoms with Gasteiger partial charge in [-0.3, -0.25) is 9.59 Å². The Morgan fingerprint density at radius 2 is 1.18 bits per heavy atom. The number of ether oxygens (including phenoxy) is 2. The molecule has 9 rings (SSSR count). The number of halogens is 2. The van der Waals surface area contributed by atoms with Crippen LogP contribution in [0.1, 0.15) is 94.7 Å². The van der Waals surface area contributed by atoms with Gasteiger partial charge in [0.05, 0.1) is 50.1 Å². The van der Waals surface area contributed by atoms with Crippen molar-refractivity contribution in [2.75, 3.05) is 27.3 Å². The third-order valence-corrected chi connectivity index (χ3v) is 13.7. The van der Waals surface area contributed by atoms with Gasteiger partial charge in [-0.25, -0.2) is 19.6 Å². The van der Waals surface area contributed by atoms with Gasteiger partial charge in [0.1, 0.15) is 23.7 Å². The molecule has 340 valence electrons. The lowest BCUT2D eigenvalue weighted by Gasteiger charge is -2.30. The van der Waals surface area contributed by atoms with Crippen LogP contribution in [-0.2, 0) is 25.0 Å². The number of methoxy groups -OCH3 is 2. The van der Waals surface area contributed by atoms with E-state index in [0.29, 0.717) is 52.7 Å². The molecule has 1 spiro atoms. The molecule has 2 aliphatic heterocycles. The molecule has 3 fully saturated rings. The lowest BCUT2D eigenvalue weighted by molar-refractivity contribution is -0.136. The molecule has 4 aliphatic rings. The highest BCUT2D eigenvalue weighted by atomic mass is 19.3. The monoisotopic (exact) mass is 888 g/mol. The van der Waals surface area contributed by atoms with Crippen molar-refractivity contribution in [2.24, 2.45) is 17.3 Å². The smallest absolute Gasteiger partial charge is 0.407 e. The normalized spacial score (nSPS) is 19.8. The second-order valence-electron chi connectivity index (χ2n) is 18.6. The summed E-state index contributed by atoms with van der Waals surface area (Å²) in [6.07, 6.45) is 6.28. The number of aromatic amines is 2. The third-order valence-electron chi connectivity index (χ3n) is 13.7. The summed E-state index contributed by atoms with van der Waals surface area (Å²) in [4.78, 5) is 71.3. The summed E-state index contributed by atoms with van der Waals surface area (Å²) in [6.45, 7) is 8.59. The maximum absolute atomic E-state index is 16.5. The lowest BCUT2D eigenvalue weighted by atomic mass is 9.97. The summed E-state index contributed by atoms with van der Waals surface area (Å²) >= 11 is 0. The van der Waals surface area contributed by atoms with Gasteiger partial charge in [-0.1, -0.05) is 76.2 Å². The van der Waals surface area contributed by atoms with E-state index >= 15 is 8.78 Å². The van der Waals surface area contributed by atoms with Crippen molar-refractivity contribution >= 4 is 24.0 Å². The Balaban J connectivity index is 0.907. The van der Waals surface area contributed by atoms with Gasteiger partial charge in [0, 0.05) is 29.8 Å². The number of alkyl halides is 2. The number of nitrogens with one attached hydrogen (secondary N) is 4. The van der Waals surface area contributed by atoms with E-state index in [1.165, 1.54) is 20.3 Å². The minimum atomic E-state index is -3.27. The van der Waals surface area contributed by atoms with Crippen LogP contribution in [-0.4, -0.2) is 93.1 Å². The van der Waals surface area contributed by atoms with Crippen molar-refractivity contribution in [1.82, 2.24) is 40.4 Å². The maximum atomic E-state index is 16.5. The molecule has 65 heavy (non-hydrogen) atoms. The summed E-state index contributed by atoms with van der Waals surface area (Å²) in [6, 6.07) is 15.7. The topological polar surface area (TPSA) is 175 Å². The van der Waals surface area contributed by atoms with Crippen LogP contribution >= 0.6 is 0 Å². The average molecular weight is 889 g/mol. The number of fused-ring (bicyclic) bond motifs is 3. The number of H-pyrrole nitrogens is 2. The van der Waals surface area contributed by atoms with Crippen LogP contribution in [0.15, 0.2) is 73.1 Å². The van der Waals surface area contributed by atoms with Gasteiger partial charge >= 0.3 is 12.2 Å². The van der Waals surface area contributed by atoms with Gasteiger partial charge in [-0.15, -0.1) is 0 Å². The molecule has 4 N–H and O–H groups in total. The number of carbonyl (C=O) groups is 4. The van der Waals surface area contributed by atoms with Crippen LogP contribution in [0.4, 0.5) is 18.4 Å². The van der Waals surface area contributed by atoms with Crippen molar-refractivity contribution in [3.05, 3.63) is 95.8 Å². The minimum absolute atomic E-state index is 0.0135. The SMILES string of the molecule is COC(=O)NC(C(=O)N1CC2(CC2)C[C@H]1c1ncc(-c2ccc3c(c2)C(F)(F)c2cc(-c4ccc(-c5cnc([C@@H]6CCCN6C(=O)[C@@H](NC(=O)OC)C(C)C)[nH]5)cc4)ccc2-3)[nH]1)C(C)C. The van der Waals surface area contributed by atoms with E-state index in [1.54, 1.807) is 40.4 Å². The first-order valence-electron chi connectivity index (χ1n) is 22.3. The van der Waals surface area contributed by atoms with Crippen LogP contribution in [0.25, 0.3) is 44.8 Å². The minimum Gasteiger partial charge on any atom is -0.453 e. The zero-order valence-corrected chi connectivity index (χ0v) is 37.3. The standard InChI is InChI=1S/C49H54F2N8O6/c1-26(2)40(56-46(62)64-5)44(60)58-19-7-8-38(58)42-52-23-36(54-42)29-11-9-28(10-12-29)30-13-15-32-33-16-14-31(21-35(33)49(50,51)34(32)20-30)37-24-53-43(55-37)39-22-48(17-18-48)25-59(39)45(61)41(27(3)4)57-47(63)65-6/h9-16,20-21,23-24,26-27,38-41H,7-8,17-19,22,25H2,1-6H3,(H,52,54)(H,53,55)(H,56,62)(H,57,63)/t38-,39-,40-,41?/m0/s1. The Morgan fingerprint density at radius 3 is 1.74 bits per heavy atom. The highest BCUT2D eigenvalue weighted by Gasteiger charge is 2.55. The van der Waals surface area contributed by atoms with Crippen LogP contribution in [0.5, 0.6) is 0 Å². The van der Waals surface area contributed by atoms with E-state index in [2.05, 4.69) is 30.6 Å². The molecular formula is C49H54F2N8O6. The predicted molar refractivity (Wildman–Crippen MR) is 238 cm³/mol.